The summed E-state index contributed by atoms with van der Waals surface area (Å²) in [5, 5.41) is 9.15. The number of thiazole rings is 1. The topological polar surface area (TPSA) is 120 Å². The normalized spacial score (nSPS) is 14.9. The molecule has 0 radical (unpaired) electrons. The minimum atomic E-state index is -1.01. The molecule has 4 aromatic rings. The molecule has 2 aromatic carbocycles. The molecule has 210 valence electrons. The van der Waals surface area contributed by atoms with E-state index in [-0.39, 0.29) is 17.7 Å². The number of methoxy groups -OCH3 is 1. The number of hydrogen-bond donors (Lipinski definition) is 1. The van der Waals surface area contributed by atoms with Crippen molar-refractivity contribution in [2.45, 2.75) is 32.7 Å². The molecule has 1 N–H and O–H groups in total. The predicted octanol–water partition coefficient (Wildman–Crippen LogP) is 4.55. The second-order valence-corrected chi connectivity index (χ2v) is 10.2. The Hall–Kier alpha value is -4.70. The highest BCUT2D eigenvalue weighted by Gasteiger charge is 2.35. The first-order valence-electron chi connectivity index (χ1n) is 13.1. The number of carbonyl (C=O) groups excluding carboxylic acids is 1. The van der Waals surface area contributed by atoms with E-state index in [9.17, 15) is 14.4 Å². The summed E-state index contributed by atoms with van der Waals surface area (Å²) in [5.41, 5.74) is 2.11. The number of rotatable bonds is 9. The quantitative estimate of drug-likeness (QED) is 0.292. The van der Waals surface area contributed by atoms with Crippen molar-refractivity contribution in [2.24, 2.45) is 4.99 Å². The van der Waals surface area contributed by atoms with Gasteiger partial charge in [-0.1, -0.05) is 55.0 Å². The van der Waals surface area contributed by atoms with Gasteiger partial charge in [0.1, 0.15) is 23.3 Å². The Labute approximate surface area is 239 Å². The van der Waals surface area contributed by atoms with Crippen molar-refractivity contribution in [2.75, 3.05) is 13.7 Å². The van der Waals surface area contributed by atoms with Crippen molar-refractivity contribution in [1.82, 2.24) is 4.57 Å². The number of aromatic carboxylic acids is 1. The first-order valence-corrected chi connectivity index (χ1v) is 14.0. The minimum absolute atomic E-state index is 0.177. The van der Waals surface area contributed by atoms with Gasteiger partial charge in [-0.25, -0.2) is 14.6 Å². The molecule has 0 aliphatic carbocycles. The van der Waals surface area contributed by atoms with Gasteiger partial charge in [0.2, 0.25) is 0 Å². The lowest BCUT2D eigenvalue weighted by Gasteiger charge is -2.26. The Morgan fingerprint density at radius 2 is 1.85 bits per heavy atom. The third-order valence-corrected chi connectivity index (χ3v) is 7.63. The van der Waals surface area contributed by atoms with Gasteiger partial charge in [0, 0.05) is 17.2 Å². The first-order chi connectivity index (χ1) is 19.9. The van der Waals surface area contributed by atoms with Crippen LogP contribution in [0, 0.1) is 0 Å². The molecule has 1 aliphatic heterocycles. The molecule has 0 bridgehead atoms. The molecule has 0 saturated heterocycles. The van der Waals surface area contributed by atoms with E-state index in [1.165, 1.54) is 28.0 Å². The van der Waals surface area contributed by atoms with Gasteiger partial charge in [-0.05, 0) is 43.7 Å². The lowest BCUT2D eigenvalue weighted by Crippen LogP contribution is -2.40. The van der Waals surface area contributed by atoms with Crippen LogP contribution in [0.3, 0.4) is 0 Å². The maximum Gasteiger partial charge on any atom is 0.338 e. The van der Waals surface area contributed by atoms with E-state index in [2.05, 4.69) is 0 Å². The van der Waals surface area contributed by atoms with Gasteiger partial charge < -0.3 is 19.0 Å². The van der Waals surface area contributed by atoms with Crippen LogP contribution in [0.5, 0.6) is 5.75 Å². The number of aromatic nitrogens is 1. The molecule has 5 rings (SSSR count). The van der Waals surface area contributed by atoms with E-state index < -0.39 is 18.0 Å². The molecule has 3 heterocycles. The fraction of sp³-hybridized carbons (Fsp3) is 0.226. The Morgan fingerprint density at radius 3 is 2.54 bits per heavy atom. The number of ether oxygens (including phenoxy) is 2. The third kappa shape index (κ3) is 5.38. The predicted molar refractivity (Wildman–Crippen MR) is 154 cm³/mol. The van der Waals surface area contributed by atoms with Crippen molar-refractivity contribution < 1.29 is 28.6 Å². The van der Waals surface area contributed by atoms with E-state index in [1.807, 2.05) is 25.1 Å². The molecule has 41 heavy (non-hydrogen) atoms. The Morgan fingerprint density at radius 1 is 1.10 bits per heavy atom. The Kier molecular flexibility index (Phi) is 8.02. The summed E-state index contributed by atoms with van der Waals surface area (Å²) in [6.45, 7) is 3.93. The fourth-order valence-corrected chi connectivity index (χ4v) is 5.80. The number of carbonyl (C=O) groups is 2. The van der Waals surface area contributed by atoms with Gasteiger partial charge in [-0.3, -0.25) is 9.36 Å². The second kappa shape index (κ2) is 11.8. The zero-order valence-electron chi connectivity index (χ0n) is 22.7. The molecular weight excluding hydrogens is 544 g/mol. The van der Waals surface area contributed by atoms with Crippen LogP contribution >= 0.6 is 11.3 Å². The maximum atomic E-state index is 13.9. The summed E-state index contributed by atoms with van der Waals surface area (Å²) >= 11 is 1.21. The molecule has 2 aromatic heterocycles. The Bertz CT molecular complexity index is 1830. The maximum absolute atomic E-state index is 13.9. The number of para-hydroxylation sites is 1. The minimum Gasteiger partial charge on any atom is -0.496 e. The zero-order chi connectivity index (χ0) is 29.1. The van der Waals surface area contributed by atoms with Crippen LogP contribution in [-0.2, 0) is 9.53 Å². The van der Waals surface area contributed by atoms with E-state index in [1.54, 1.807) is 50.4 Å². The van der Waals surface area contributed by atoms with Crippen molar-refractivity contribution >= 4 is 29.4 Å². The molecule has 9 nitrogen and oxygen atoms in total. The number of benzene rings is 2. The van der Waals surface area contributed by atoms with E-state index in [4.69, 9.17) is 24.0 Å². The standard InChI is InChI=1S/C31H28N2O7S/c1-4-8-22-26(30(37)39-5-2)27(21-9-6-7-10-24(21)38-3)33-28(34)25(41-31(33)32-22)17-20-15-16-23(40-20)18-11-13-19(14-12-18)29(35)36/h6-7,9-17,27H,4-5,8H2,1-3H3,(H,35,36)/b25-17-. The van der Waals surface area contributed by atoms with Crippen LogP contribution in [-0.4, -0.2) is 35.3 Å². The molecular formula is C31H28N2O7S. The van der Waals surface area contributed by atoms with Gasteiger partial charge in [0.25, 0.3) is 5.56 Å². The van der Waals surface area contributed by atoms with Crippen LogP contribution in [0.2, 0.25) is 0 Å². The summed E-state index contributed by atoms with van der Waals surface area (Å²) < 4.78 is 19.0. The molecule has 0 amide bonds. The second-order valence-electron chi connectivity index (χ2n) is 9.24. The SMILES string of the molecule is CCCC1=C(C(=O)OCC)C(c2ccccc2OC)n2c(s/c(=C\c3ccc(-c4ccc(C(=O)O)cc4)o3)c2=O)=N1. The number of carboxylic acids is 1. The van der Waals surface area contributed by atoms with Gasteiger partial charge in [0.05, 0.1) is 35.1 Å². The highest BCUT2D eigenvalue weighted by molar-refractivity contribution is 7.07. The summed E-state index contributed by atoms with van der Waals surface area (Å²) in [6.07, 6.45) is 2.93. The van der Waals surface area contributed by atoms with Gasteiger partial charge >= 0.3 is 11.9 Å². The fourth-order valence-electron chi connectivity index (χ4n) is 4.80. The first kappa shape index (κ1) is 27.9. The third-order valence-electron chi connectivity index (χ3n) is 6.64. The van der Waals surface area contributed by atoms with Crippen LogP contribution in [0.1, 0.15) is 54.4 Å². The smallest absolute Gasteiger partial charge is 0.338 e. The van der Waals surface area contributed by atoms with Crippen molar-refractivity contribution in [3.63, 3.8) is 0 Å². The molecule has 0 saturated carbocycles. The number of allylic oxidation sites excluding steroid dienone is 1. The lowest BCUT2D eigenvalue weighted by atomic mass is 9.93. The van der Waals surface area contributed by atoms with Crippen molar-refractivity contribution in [3.8, 4) is 17.1 Å². The monoisotopic (exact) mass is 572 g/mol. The van der Waals surface area contributed by atoms with Gasteiger partial charge in [0.15, 0.2) is 4.80 Å². The largest absolute Gasteiger partial charge is 0.496 e. The molecule has 1 aliphatic rings. The van der Waals surface area contributed by atoms with Gasteiger partial charge in [-0.2, -0.15) is 0 Å². The number of fused-ring (bicyclic) bond motifs is 1. The molecule has 1 atom stereocenters. The molecule has 1 unspecified atom stereocenters. The summed E-state index contributed by atoms with van der Waals surface area (Å²) in [4.78, 5) is 43.7. The number of furan rings is 1. The lowest BCUT2D eigenvalue weighted by molar-refractivity contribution is -0.139. The summed E-state index contributed by atoms with van der Waals surface area (Å²) in [6, 6.07) is 16.3. The number of carboxylic acid groups (broad SMARTS) is 1. The van der Waals surface area contributed by atoms with Crippen molar-refractivity contribution in [1.29, 1.82) is 0 Å². The summed E-state index contributed by atoms with van der Waals surface area (Å²) in [7, 11) is 1.55. The van der Waals surface area contributed by atoms with Crippen LogP contribution < -0.4 is 19.6 Å². The molecule has 0 fully saturated rings. The van der Waals surface area contributed by atoms with E-state index in [0.29, 0.717) is 55.4 Å². The molecule has 10 heteroatoms. The highest BCUT2D eigenvalue weighted by Crippen LogP contribution is 2.36. The average Bonchev–Trinajstić information content (AvgIpc) is 3.57. The van der Waals surface area contributed by atoms with Crippen LogP contribution in [0.4, 0.5) is 0 Å². The average molecular weight is 573 g/mol. The molecule has 0 spiro atoms. The Balaban J connectivity index is 1.65. The van der Waals surface area contributed by atoms with Gasteiger partial charge in [-0.15, -0.1) is 0 Å². The highest BCUT2D eigenvalue weighted by atomic mass is 32.1. The number of hydrogen-bond acceptors (Lipinski definition) is 8. The van der Waals surface area contributed by atoms with E-state index >= 15 is 0 Å². The summed E-state index contributed by atoms with van der Waals surface area (Å²) in [5.74, 6) is -0.0140. The van der Waals surface area contributed by atoms with Crippen LogP contribution in [0.25, 0.3) is 17.4 Å². The zero-order valence-corrected chi connectivity index (χ0v) is 23.6. The number of nitrogens with zero attached hydrogens (tertiary/aromatic N) is 2. The van der Waals surface area contributed by atoms with Crippen molar-refractivity contribution in [3.05, 3.63) is 109 Å². The van der Waals surface area contributed by atoms with E-state index in [0.717, 1.165) is 6.42 Å². The van der Waals surface area contributed by atoms with Crippen LogP contribution in [0.15, 0.2) is 86.1 Å². The number of esters is 1.